The maximum atomic E-state index is 12.7. The van der Waals surface area contributed by atoms with Crippen molar-refractivity contribution in [2.75, 3.05) is 13.7 Å². The number of nitrogens with one attached hydrogen (secondary N) is 1. The van der Waals surface area contributed by atoms with Crippen LogP contribution < -0.4 is 5.32 Å². The first kappa shape index (κ1) is 20.7. The third kappa shape index (κ3) is 5.94. The number of benzene rings is 1. The summed E-state index contributed by atoms with van der Waals surface area (Å²) in [6.07, 6.45) is 5.08. The van der Waals surface area contributed by atoms with Crippen molar-refractivity contribution in [2.24, 2.45) is 5.92 Å². The van der Waals surface area contributed by atoms with Crippen LogP contribution in [0.4, 0.5) is 0 Å². The lowest BCUT2D eigenvalue weighted by Crippen LogP contribution is -2.51. The molecule has 0 radical (unpaired) electrons. The first-order valence-electron chi connectivity index (χ1n) is 9.34. The Labute approximate surface area is 160 Å². The number of esters is 1. The number of ether oxygens (including phenoxy) is 1. The summed E-state index contributed by atoms with van der Waals surface area (Å²) >= 11 is 0. The van der Waals surface area contributed by atoms with E-state index in [4.69, 9.17) is 4.74 Å². The van der Waals surface area contributed by atoms with Gasteiger partial charge in [-0.25, -0.2) is 4.79 Å². The summed E-state index contributed by atoms with van der Waals surface area (Å²) in [5, 5.41) is 2.77. The Hall–Kier alpha value is -2.63. The van der Waals surface area contributed by atoms with E-state index in [1.165, 1.54) is 13.2 Å². The Balaban J connectivity index is 2.03. The number of nitrogens with zero attached hydrogens (tertiary/aromatic N) is 1. The highest BCUT2D eigenvalue weighted by Gasteiger charge is 2.35. The van der Waals surface area contributed by atoms with Crippen molar-refractivity contribution in [1.82, 2.24) is 10.2 Å². The zero-order chi connectivity index (χ0) is 19.8. The quantitative estimate of drug-likeness (QED) is 0.589. The molecule has 1 fully saturated rings. The van der Waals surface area contributed by atoms with Crippen LogP contribution in [0, 0.1) is 5.92 Å². The summed E-state index contributed by atoms with van der Waals surface area (Å²) < 4.78 is 4.79. The smallest absolute Gasteiger partial charge is 0.328 e. The largest absolute Gasteiger partial charge is 0.467 e. The zero-order valence-electron chi connectivity index (χ0n) is 16.2. The summed E-state index contributed by atoms with van der Waals surface area (Å²) in [7, 11) is 1.31. The standard InChI is InChI=1S/C21H28N2O4/c1-15(2)14-17(21(26)27-3)22-20(25)18-10-7-13-23(18)19(24)12-11-16-8-5-4-6-9-16/h4-6,8-9,11-12,15,17-18H,7,10,13-14H2,1-3H3,(H,22,25)/b12-11+/t17-,18-/m0/s1. The van der Waals surface area contributed by atoms with Gasteiger partial charge in [-0.05, 0) is 36.8 Å². The fourth-order valence-corrected chi connectivity index (χ4v) is 3.23. The Bertz CT molecular complexity index is 685. The molecule has 6 heteroatoms. The van der Waals surface area contributed by atoms with Crippen LogP contribution in [0.15, 0.2) is 36.4 Å². The minimum absolute atomic E-state index is 0.199. The Morgan fingerprint density at radius 3 is 2.59 bits per heavy atom. The van der Waals surface area contributed by atoms with Crippen molar-refractivity contribution in [3.05, 3.63) is 42.0 Å². The topological polar surface area (TPSA) is 75.7 Å². The molecule has 1 aliphatic heterocycles. The van der Waals surface area contributed by atoms with Crippen LogP contribution in [-0.2, 0) is 19.1 Å². The number of carbonyl (C=O) groups excluding carboxylic acids is 3. The zero-order valence-corrected chi connectivity index (χ0v) is 16.2. The predicted octanol–water partition coefficient (Wildman–Crippen LogP) is 2.39. The van der Waals surface area contributed by atoms with E-state index in [1.54, 1.807) is 11.0 Å². The highest BCUT2D eigenvalue weighted by molar-refractivity contribution is 5.96. The molecule has 0 saturated carbocycles. The molecule has 0 spiro atoms. The van der Waals surface area contributed by atoms with Crippen LogP contribution in [0.1, 0.15) is 38.7 Å². The maximum Gasteiger partial charge on any atom is 0.328 e. The first-order chi connectivity index (χ1) is 12.9. The fourth-order valence-electron chi connectivity index (χ4n) is 3.23. The van der Waals surface area contributed by atoms with E-state index in [0.717, 1.165) is 12.0 Å². The molecular formula is C21H28N2O4. The van der Waals surface area contributed by atoms with Gasteiger partial charge in [-0.1, -0.05) is 44.2 Å². The van der Waals surface area contributed by atoms with Crippen molar-refractivity contribution in [3.8, 4) is 0 Å². The molecular weight excluding hydrogens is 344 g/mol. The van der Waals surface area contributed by atoms with Gasteiger partial charge in [-0.3, -0.25) is 9.59 Å². The Kier molecular flexibility index (Phi) is 7.58. The highest BCUT2D eigenvalue weighted by Crippen LogP contribution is 2.19. The number of carbonyl (C=O) groups is 3. The molecule has 2 amide bonds. The molecule has 1 saturated heterocycles. The van der Waals surface area contributed by atoms with Gasteiger partial charge in [-0.2, -0.15) is 0 Å². The Morgan fingerprint density at radius 1 is 1.26 bits per heavy atom. The number of likely N-dealkylation sites (tertiary alicyclic amines) is 1. The number of hydrogen-bond acceptors (Lipinski definition) is 4. The summed E-state index contributed by atoms with van der Waals surface area (Å²) in [6.45, 7) is 4.48. The van der Waals surface area contributed by atoms with Crippen molar-refractivity contribution < 1.29 is 19.1 Å². The minimum atomic E-state index is -0.695. The van der Waals surface area contributed by atoms with Gasteiger partial charge in [0.2, 0.25) is 11.8 Å². The van der Waals surface area contributed by atoms with E-state index in [2.05, 4.69) is 5.32 Å². The van der Waals surface area contributed by atoms with Crippen molar-refractivity contribution in [2.45, 2.75) is 45.2 Å². The fraction of sp³-hybridized carbons (Fsp3) is 0.476. The highest BCUT2D eigenvalue weighted by atomic mass is 16.5. The third-order valence-electron chi connectivity index (χ3n) is 4.57. The van der Waals surface area contributed by atoms with Gasteiger partial charge in [0.1, 0.15) is 12.1 Å². The molecule has 0 aromatic heterocycles. The van der Waals surface area contributed by atoms with Crippen molar-refractivity contribution in [3.63, 3.8) is 0 Å². The molecule has 0 bridgehead atoms. The average Bonchev–Trinajstić information content (AvgIpc) is 3.15. The molecule has 1 aromatic rings. The van der Waals surface area contributed by atoms with Crippen LogP contribution in [-0.4, -0.2) is 48.4 Å². The molecule has 2 atom stereocenters. The van der Waals surface area contributed by atoms with Gasteiger partial charge >= 0.3 is 5.97 Å². The molecule has 0 aliphatic carbocycles. The molecule has 1 aromatic carbocycles. The van der Waals surface area contributed by atoms with Crippen LogP contribution >= 0.6 is 0 Å². The number of methoxy groups -OCH3 is 1. The third-order valence-corrected chi connectivity index (χ3v) is 4.57. The van der Waals surface area contributed by atoms with Crippen LogP contribution in [0.2, 0.25) is 0 Å². The monoisotopic (exact) mass is 372 g/mol. The van der Waals surface area contributed by atoms with Gasteiger partial charge in [0.05, 0.1) is 7.11 Å². The summed E-state index contributed by atoms with van der Waals surface area (Å²) in [4.78, 5) is 38.8. The second kappa shape index (κ2) is 9.90. The molecule has 1 heterocycles. The van der Waals surface area contributed by atoms with Gasteiger partial charge in [-0.15, -0.1) is 0 Å². The van der Waals surface area contributed by atoms with Crippen LogP contribution in [0.25, 0.3) is 6.08 Å². The van der Waals surface area contributed by atoms with Gasteiger partial charge in [0.15, 0.2) is 0 Å². The second-order valence-corrected chi connectivity index (χ2v) is 7.15. The lowest BCUT2D eigenvalue weighted by atomic mass is 10.0. The molecule has 27 heavy (non-hydrogen) atoms. The predicted molar refractivity (Wildman–Crippen MR) is 104 cm³/mol. The normalized spacial score (nSPS) is 17.9. The summed E-state index contributed by atoms with van der Waals surface area (Å²) in [5.41, 5.74) is 0.925. The summed E-state index contributed by atoms with van der Waals surface area (Å²) in [6, 6.07) is 8.28. The van der Waals surface area contributed by atoms with E-state index in [-0.39, 0.29) is 17.7 Å². The summed E-state index contributed by atoms with van der Waals surface area (Å²) in [5.74, 6) is -0.735. The molecule has 1 N–H and O–H groups in total. The minimum Gasteiger partial charge on any atom is -0.467 e. The molecule has 0 unspecified atom stereocenters. The lowest BCUT2D eigenvalue weighted by Gasteiger charge is -2.25. The van der Waals surface area contributed by atoms with E-state index < -0.39 is 18.1 Å². The van der Waals surface area contributed by atoms with Crippen LogP contribution in [0.5, 0.6) is 0 Å². The van der Waals surface area contributed by atoms with E-state index in [1.807, 2.05) is 44.2 Å². The average molecular weight is 372 g/mol. The maximum absolute atomic E-state index is 12.7. The van der Waals surface area contributed by atoms with E-state index in [9.17, 15) is 14.4 Å². The number of amides is 2. The van der Waals surface area contributed by atoms with Gasteiger partial charge in [0, 0.05) is 12.6 Å². The Morgan fingerprint density at radius 2 is 1.96 bits per heavy atom. The van der Waals surface area contributed by atoms with Crippen LogP contribution in [0.3, 0.4) is 0 Å². The second-order valence-electron chi connectivity index (χ2n) is 7.15. The molecule has 6 nitrogen and oxygen atoms in total. The number of hydrogen-bond donors (Lipinski definition) is 1. The first-order valence-corrected chi connectivity index (χ1v) is 9.34. The van der Waals surface area contributed by atoms with E-state index >= 15 is 0 Å². The lowest BCUT2D eigenvalue weighted by molar-refractivity contribution is -0.146. The number of rotatable bonds is 7. The van der Waals surface area contributed by atoms with Gasteiger partial charge in [0.25, 0.3) is 0 Å². The SMILES string of the molecule is COC(=O)[C@H](CC(C)C)NC(=O)[C@@H]1CCCN1C(=O)/C=C/c1ccccc1. The molecule has 1 aliphatic rings. The molecule has 2 rings (SSSR count). The van der Waals surface area contributed by atoms with Crippen molar-refractivity contribution in [1.29, 1.82) is 0 Å². The molecule has 146 valence electrons. The van der Waals surface area contributed by atoms with Crippen molar-refractivity contribution >= 4 is 23.9 Å². The van der Waals surface area contributed by atoms with E-state index in [0.29, 0.717) is 19.4 Å². The van der Waals surface area contributed by atoms with Gasteiger partial charge < -0.3 is 15.0 Å².